The summed E-state index contributed by atoms with van der Waals surface area (Å²) in [5, 5.41) is 4.95. The third kappa shape index (κ3) is 3.90. The zero-order valence-corrected chi connectivity index (χ0v) is 21.2. The first kappa shape index (κ1) is 23.1. The van der Waals surface area contributed by atoms with Crippen LogP contribution < -0.4 is 10.1 Å². The van der Waals surface area contributed by atoms with E-state index in [1.807, 2.05) is 23.9 Å². The van der Waals surface area contributed by atoms with Crippen LogP contribution in [0.1, 0.15) is 25.7 Å². The van der Waals surface area contributed by atoms with E-state index in [4.69, 9.17) is 4.74 Å². The van der Waals surface area contributed by atoms with Crippen LogP contribution in [0.4, 0.5) is 14.6 Å². The van der Waals surface area contributed by atoms with Gasteiger partial charge in [0.1, 0.15) is 29.5 Å². The highest BCUT2D eigenvalue weighted by Crippen LogP contribution is 2.40. The van der Waals surface area contributed by atoms with E-state index in [0.29, 0.717) is 34.1 Å². The number of halogens is 2. The number of nitrogens with one attached hydrogen (secondary N) is 1. The largest absolute Gasteiger partial charge is 0.461 e. The molecule has 190 valence electrons. The topological polar surface area (TPSA) is 63.2 Å². The van der Waals surface area contributed by atoms with Gasteiger partial charge < -0.3 is 10.1 Å². The summed E-state index contributed by atoms with van der Waals surface area (Å²) in [6, 6.07) is 10.5. The van der Waals surface area contributed by atoms with Gasteiger partial charge in [0.15, 0.2) is 5.82 Å². The molecule has 2 aromatic heterocycles. The highest BCUT2D eigenvalue weighted by atomic mass is 32.2. The number of fused-ring (bicyclic) bond motifs is 3. The molecule has 0 atom stereocenters. The molecular formula is C28H27F2N5OS. The van der Waals surface area contributed by atoms with Gasteiger partial charge in [-0.25, -0.2) is 8.78 Å². The number of hydrogen-bond acceptors (Lipinski definition) is 7. The second kappa shape index (κ2) is 9.06. The minimum atomic E-state index is -0.604. The Morgan fingerprint density at radius 1 is 1.05 bits per heavy atom. The van der Waals surface area contributed by atoms with Gasteiger partial charge in [0.05, 0.1) is 10.9 Å². The molecule has 0 spiro atoms. The molecule has 0 unspecified atom stereocenters. The Bertz CT molecular complexity index is 1500. The summed E-state index contributed by atoms with van der Waals surface area (Å²) in [5.74, 6) is 1.43. The molecule has 1 N–H and O–H groups in total. The smallest absolute Gasteiger partial charge is 0.319 e. The Hall–Kier alpha value is -3.04. The Balaban J connectivity index is 1.33. The number of benzene rings is 2. The second-order valence-corrected chi connectivity index (χ2v) is 11.3. The Kier molecular flexibility index (Phi) is 5.66. The zero-order chi connectivity index (χ0) is 25.0. The van der Waals surface area contributed by atoms with Crippen LogP contribution in [0.5, 0.6) is 6.01 Å². The number of rotatable bonds is 6. The number of nitrogens with zero attached hydrogens (tertiary/aromatic N) is 4. The fourth-order valence-electron chi connectivity index (χ4n) is 6.06. The minimum Gasteiger partial charge on any atom is -0.461 e. The monoisotopic (exact) mass is 519 g/mol. The molecule has 2 aromatic carbocycles. The molecule has 7 rings (SSSR count). The van der Waals surface area contributed by atoms with Crippen molar-refractivity contribution in [3.05, 3.63) is 54.2 Å². The van der Waals surface area contributed by atoms with Crippen molar-refractivity contribution in [1.29, 1.82) is 0 Å². The predicted molar refractivity (Wildman–Crippen MR) is 143 cm³/mol. The number of thioether (sulfide) groups is 1. The number of anilines is 1. The molecule has 4 aromatic rings. The fraction of sp³-hybridized carbons (Fsp3) is 0.393. The summed E-state index contributed by atoms with van der Waals surface area (Å²) in [4.78, 5) is 16.2. The lowest BCUT2D eigenvalue weighted by molar-refractivity contribution is 0.108. The SMILES string of the molecule is Fc1c(-c2cccc3cccc(F)c23)ncc2c(NC3CSC3)nc(OCC34CCCN3CCC4)nc12. The van der Waals surface area contributed by atoms with E-state index in [9.17, 15) is 4.39 Å². The molecule has 0 saturated carbocycles. The third-order valence-electron chi connectivity index (χ3n) is 8.03. The van der Waals surface area contributed by atoms with Crippen LogP contribution >= 0.6 is 11.8 Å². The van der Waals surface area contributed by atoms with E-state index in [-0.39, 0.29) is 28.8 Å². The molecule has 3 fully saturated rings. The normalized spacial score (nSPS) is 19.3. The van der Waals surface area contributed by atoms with Crippen molar-refractivity contribution >= 4 is 39.3 Å². The van der Waals surface area contributed by atoms with Gasteiger partial charge in [0.25, 0.3) is 0 Å². The van der Waals surface area contributed by atoms with Crippen LogP contribution in [-0.2, 0) is 0 Å². The summed E-state index contributed by atoms with van der Waals surface area (Å²) in [7, 11) is 0. The molecule has 6 nitrogen and oxygen atoms in total. The highest BCUT2D eigenvalue weighted by molar-refractivity contribution is 8.00. The second-order valence-electron chi connectivity index (χ2n) is 10.3. The summed E-state index contributed by atoms with van der Waals surface area (Å²) >= 11 is 1.85. The predicted octanol–water partition coefficient (Wildman–Crippen LogP) is 5.66. The summed E-state index contributed by atoms with van der Waals surface area (Å²) < 4.78 is 37.2. The summed E-state index contributed by atoms with van der Waals surface area (Å²) in [6.45, 7) is 2.68. The van der Waals surface area contributed by atoms with Crippen LogP contribution in [0.2, 0.25) is 0 Å². The summed E-state index contributed by atoms with van der Waals surface area (Å²) in [6.07, 6.45) is 6.11. The van der Waals surface area contributed by atoms with Gasteiger partial charge in [-0.15, -0.1) is 0 Å². The van der Waals surface area contributed by atoms with Gasteiger partial charge >= 0.3 is 6.01 Å². The van der Waals surface area contributed by atoms with Crippen LogP contribution in [0.3, 0.4) is 0 Å². The maximum Gasteiger partial charge on any atom is 0.319 e. The van der Waals surface area contributed by atoms with Crippen molar-refractivity contribution in [2.75, 3.05) is 36.5 Å². The maximum atomic E-state index is 16.2. The van der Waals surface area contributed by atoms with Gasteiger partial charge in [-0.2, -0.15) is 21.7 Å². The standard InChI is InChI=1S/C28H27F2N5OS/c29-21-8-2-6-17-5-1-7-19(22(17)21)24-23(30)25-20(13-31-24)26(32-18-14-37-15-18)34-27(33-25)36-16-28-9-3-11-35(28)12-4-10-28/h1-2,5-8,13,18H,3-4,9-12,14-16H2,(H,32,33,34). The van der Waals surface area contributed by atoms with E-state index in [2.05, 4.69) is 25.2 Å². The molecule has 9 heteroatoms. The molecule has 3 saturated heterocycles. The molecule has 0 amide bonds. The molecule has 3 aliphatic heterocycles. The van der Waals surface area contributed by atoms with E-state index in [0.717, 1.165) is 37.4 Å². The molecule has 0 radical (unpaired) electrons. The Morgan fingerprint density at radius 3 is 2.59 bits per heavy atom. The van der Waals surface area contributed by atoms with E-state index in [1.54, 1.807) is 24.4 Å². The molecule has 3 aliphatic rings. The molecular weight excluding hydrogens is 492 g/mol. The number of aromatic nitrogens is 3. The minimum absolute atomic E-state index is 0.0267. The van der Waals surface area contributed by atoms with Crippen LogP contribution in [-0.4, -0.2) is 62.6 Å². The lowest BCUT2D eigenvalue weighted by Crippen LogP contribution is -2.43. The lowest BCUT2D eigenvalue weighted by atomic mass is 9.95. The van der Waals surface area contributed by atoms with Crippen LogP contribution in [0.25, 0.3) is 32.9 Å². The Morgan fingerprint density at radius 2 is 1.84 bits per heavy atom. The molecule has 5 heterocycles. The number of ether oxygens (including phenoxy) is 1. The van der Waals surface area contributed by atoms with E-state index >= 15 is 4.39 Å². The average Bonchev–Trinajstić information content (AvgIpc) is 3.46. The van der Waals surface area contributed by atoms with Crippen molar-refractivity contribution in [3.8, 4) is 17.3 Å². The maximum absolute atomic E-state index is 16.2. The van der Waals surface area contributed by atoms with Crippen LogP contribution in [0.15, 0.2) is 42.6 Å². The first-order valence-corrected chi connectivity index (χ1v) is 14.0. The van der Waals surface area contributed by atoms with Crippen molar-refractivity contribution in [2.45, 2.75) is 37.3 Å². The van der Waals surface area contributed by atoms with Crippen molar-refractivity contribution in [3.63, 3.8) is 0 Å². The number of hydrogen-bond donors (Lipinski definition) is 1. The first-order valence-electron chi connectivity index (χ1n) is 12.9. The molecule has 0 aliphatic carbocycles. The molecule has 0 bridgehead atoms. The van der Waals surface area contributed by atoms with Crippen molar-refractivity contribution in [2.24, 2.45) is 0 Å². The average molecular weight is 520 g/mol. The highest BCUT2D eigenvalue weighted by Gasteiger charge is 2.45. The fourth-order valence-corrected chi connectivity index (χ4v) is 6.70. The van der Waals surface area contributed by atoms with Gasteiger partial charge in [-0.1, -0.05) is 30.3 Å². The van der Waals surface area contributed by atoms with Crippen LogP contribution in [0, 0.1) is 11.6 Å². The Labute approximate surface area is 217 Å². The lowest BCUT2D eigenvalue weighted by Gasteiger charge is -2.31. The van der Waals surface area contributed by atoms with E-state index < -0.39 is 11.6 Å². The summed E-state index contributed by atoms with van der Waals surface area (Å²) in [5.41, 5.74) is 0.616. The van der Waals surface area contributed by atoms with Gasteiger partial charge in [0, 0.05) is 34.7 Å². The van der Waals surface area contributed by atoms with E-state index in [1.165, 1.54) is 18.9 Å². The van der Waals surface area contributed by atoms with Gasteiger partial charge in [0.2, 0.25) is 0 Å². The van der Waals surface area contributed by atoms with Crippen molar-refractivity contribution < 1.29 is 13.5 Å². The zero-order valence-electron chi connectivity index (χ0n) is 20.3. The van der Waals surface area contributed by atoms with Gasteiger partial charge in [-0.05, 0) is 50.2 Å². The van der Waals surface area contributed by atoms with Gasteiger partial charge in [-0.3, -0.25) is 9.88 Å². The van der Waals surface area contributed by atoms with Crippen molar-refractivity contribution in [1.82, 2.24) is 19.9 Å². The first-order chi connectivity index (χ1) is 18.1. The quantitative estimate of drug-likeness (QED) is 0.353. The third-order valence-corrected chi connectivity index (χ3v) is 9.31. The molecule has 37 heavy (non-hydrogen) atoms. The number of pyridine rings is 1.